The van der Waals surface area contributed by atoms with Crippen molar-refractivity contribution in [3.8, 4) is 34.5 Å². The van der Waals surface area contributed by atoms with Crippen molar-refractivity contribution in [3.05, 3.63) is 147 Å². The van der Waals surface area contributed by atoms with E-state index in [1.807, 2.05) is 17.4 Å². The van der Waals surface area contributed by atoms with E-state index in [2.05, 4.69) is 134 Å². The number of hydrogen-bond acceptors (Lipinski definition) is 6. The molecule has 4 aliphatic rings. The Morgan fingerprint density at radius 3 is 1.59 bits per heavy atom. The van der Waals surface area contributed by atoms with Gasteiger partial charge in [-0.1, -0.05) is 63.5 Å². The molecule has 320 valence electrons. The molecule has 0 amide bonds. The summed E-state index contributed by atoms with van der Waals surface area (Å²) in [6.45, 7) is 18.9. The molecule has 4 nitrogen and oxygen atoms in total. The third-order valence-corrected chi connectivity index (χ3v) is 16.8. The maximum atomic E-state index is 15.8. The first-order chi connectivity index (χ1) is 31.7. The molecule has 0 saturated heterocycles. The fourth-order valence-corrected chi connectivity index (χ4v) is 14.6. The average molecular weight is 900 g/mol. The van der Waals surface area contributed by atoms with E-state index in [1.165, 1.54) is 76.5 Å². The van der Waals surface area contributed by atoms with Crippen molar-refractivity contribution in [2.75, 3.05) is 5.32 Å². The lowest BCUT2D eigenvalue weighted by Crippen LogP contribution is -2.63. The maximum absolute atomic E-state index is 15.8. The van der Waals surface area contributed by atoms with Crippen molar-refractivity contribution in [1.82, 2.24) is 0 Å². The summed E-state index contributed by atoms with van der Waals surface area (Å²) in [5.74, 6) is 3.50. The van der Waals surface area contributed by atoms with E-state index in [4.69, 9.17) is 14.2 Å². The molecule has 13 rings (SSSR count). The third-order valence-electron chi connectivity index (χ3n) is 14.5. The van der Waals surface area contributed by atoms with E-state index in [0.717, 1.165) is 89.3 Å². The molecule has 0 bridgehead atoms. The Morgan fingerprint density at radius 2 is 0.939 bits per heavy atom. The highest BCUT2D eigenvalue weighted by Crippen LogP contribution is 2.42. The van der Waals surface area contributed by atoms with Crippen LogP contribution in [0.4, 0.5) is 20.2 Å². The second kappa shape index (κ2) is 13.9. The molecule has 0 saturated carbocycles. The van der Waals surface area contributed by atoms with Crippen molar-refractivity contribution in [3.63, 3.8) is 0 Å². The highest BCUT2D eigenvalue weighted by atomic mass is 32.1. The molecule has 2 aromatic heterocycles. The van der Waals surface area contributed by atoms with Crippen LogP contribution >= 0.6 is 22.7 Å². The van der Waals surface area contributed by atoms with Gasteiger partial charge >= 0.3 is 0 Å². The summed E-state index contributed by atoms with van der Waals surface area (Å²) in [4.78, 5) is 0. The predicted octanol–water partition coefficient (Wildman–Crippen LogP) is 9.09. The van der Waals surface area contributed by atoms with Gasteiger partial charge in [-0.2, -0.15) is 0 Å². The fraction of sp³-hybridized carbons (Fsp3) is 0.164. The minimum absolute atomic E-state index is 0.0553. The number of ether oxygens (including phenoxy) is 3. The Kier molecular flexibility index (Phi) is 8.42. The van der Waals surface area contributed by atoms with Crippen molar-refractivity contribution >= 4 is 122 Å². The van der Waals surface area contributed by atoms with Gasteiger partial charge in [0, 0.05) is 41.8 Å². The van der Waals surface area contributed by atoms with Gasteiger partial charge in [0.15, 0.2) is 0 Å². The van der Waals surface area contributed by atoms with Crippen molar-refractivity contribution < 1.29 is 23.0 Å². The zero-order chi connectivity index (χ0) is 45.3. The quantitative estimate of drug-likeness (QED) is 0.176. The molecule has 6 heterocycles. The van der Waals surface area contributed by atoms with E-state index in [1.54, 1.807) is 0 Å². The zero-order valence-electron chi connectivity index (χ0n) is 38.1. The van der Waals surface area contributed by atoms with Crippen LogP contribution < -0.4 is 67.3 Å². The molecule has 0 unspecified atom stereocenters. The lowest BCUT2D eigenvalue weighted by molar-refractivity contribution is 0.487. The molecule has 1 N–H and O–H groups in total. The van der Waals surface area contributed by atoms with Gasteiger partial charge in [0.2, 0.25) is 0 Å². The molecule has 7 aromatic carbocycles. The SMILES string of the molecule is Cc1cc(C)c2c(c1)Oc1c(sc3cc(C)cc(C)c13)B2c1cc2c(cc1C)Nc1cc(C)cc3c1B2c1cc(B2c4sc5cc(F)cc(F)c5c4Oc4cc(C)cc(C)c42)c(C)cc1O3. The van der Waals surface area contributed by atoms with Crippen LogP contribution in [0.25, 0.3) is 20.2 Å². The number of anilines is 2. The zero-order valence-corrected chi connectivity index (χ0v) is 39.7. The van der Waals surface area contributed by atoms with E-state index >= 15 is 4.39 Å². The average Bonchev–Trinajstić information content (AvgIpc) is 3.79. The summed E-state index contributed by atoms with van der Waals surface area (Å²) in [5, 5.41) is 5.40. The van der Waals surface area contributed by atoms with E-state index in [9.17, 15) is 4.39 Å². The number of aryl methyl sites for hydroxylation is 9. The van der Waals surface area contributed by atoms with Crippen LogP contribution in [-0.4, -0.2) is 20.1 Å². The normalized spacial score (nSPS) is 13.8. The molecular weight excluding hydrogens is 857 g/mol. The standard InChI is InChI=1S/C55H42B3F2NO3S2/c1-24-11-31(8)49-42(14-24)63-52-47-30(7)10-26(3)17-45(47)65-54(52)57(49)34-22-36-39(18-28(34)5)61-40-13-27(4)16-44-51(40)56(36)37-23-35(29(6)19-41(37)62-44)58-50-32(9)12-25(2)15-43(50)64-53-48-38(60)20-33(59)21-46(48)66-55(53)58/h10-23,61H,1-9H3. The Labute approximate surface area is 391 Å². The van der Waals surface area contributed by atoms with Crippen molar-refractivity contribution in [1.29, 1.82) is 0 Å². The number of nitrogens with one attached hydrogen (secondary N) is 1. The minimum atomic E-state index is -0.619. The molecule has 0 atom stereocenters. The lowest BCUT2D eigenvalue weighted by atomic mass is 9.31. The van der Waals surface area contributed by atoms with E-state index in [-0.39, 0.29) is 20.1 Å². The molecule has 11 heteroatoms. The van der Waals surface area contributed by atoms with Gasteiger partial charge in [-0.05, 0) is 166 Å². The fourth-order valence-electron chi connectivity index (χ4n) is 11.9. The summed E-state index contributed by atoms with van der Waals surface area (Å²) >= 11 is 3.26. The predicted molar refractivity (Wildman–Crippen MR) is 276 cm³/mol. The monoisotopic (exact) mass is 899 g/mol. The smallest absolute Gasteiger partial charge is 0.264 e. The highest BCUT2D eigenvalue weighted by molar-refractivity contribution is 7.33. The molecule has 9 aromatic rings. The first-order valence-electron chi connectivity index (χ1n) is 22.6. The van der Waals surface area contributed by atoms with Crippen molar-refractivity contribution in [2.24, 2.45) is 0 Å². The van der Waals surface area contributed by atoms with Gasteiger partial charge in [-0.25, -0.2) is 8.78 Å². The second-order valence-electron chi connectivity index (χ2n) is 19.3. The van der Waals surface area contributed by atoms with Gasteiger partial charge in [0.05, 0.1) is 5.39 Å². The number of rotatable bonds is 2. The third kappa shape index (κ3) is 5.62. The van der Waals surface area contributed by atoms with Gasteiger partial charge in [0.1, 0.15) is 46.1 Å². The first-order valence-corrected chi connectivity index (χ1v) is 24.2. The van der Waals surface area contributed by atoms with Crippen LogP contribution in [0.5, 0.6) is 34.5 Å². The molecule has 0 aliphatic carbocycles. The van der Waals surface area contributed by atoms with Gasteiger partial charge in [-0.3, -0.25) is 0 Å². The van der Waals surface area contributed by atoms with Crippen LogP contribution in [0.15, 0.2) is 84.9 Å². The lowest BCUT2D eigenvalue weighted by Gasteiger charge is -2.36. The molecular formula is C55H42B3F2NO3S2. The van der Waals surface area contributed by atoms with Crippen LogP contribution in [0, 0.1) is 73.9 Å². The molecule has 0 radical (unpaired) electrons. The largest absolute Gasteiger partial charge is 0.458 e. The van der Waals surface area contributed by atoms with Gasteiger partial charge in [-0.15, -0.1) is 22.7 Å². The Morgan fingerprint density at radius 1 is 0.409 bits per heavy atom. The maximum Gasteiger partial charge on any atom is 0.264 e. The van der Waals surface area contributed by atoms with Gasteiger partial charge in [0.25, 0.3) is 20.1 Å². The Hall–Kier alpha value is -6.29. The molecule has 4 aliphatic heterocycles. The molecule has 0 fully saturated rings. The Bertz CT molecular complexity index is 3490. The van der Waals surface area contributed by atoms with Crippen LogP contribution in [-0.2, 0) is 0 Å². The Balaban J connectivity index is 1.06. The minimum Gasteiger partial charge on any atom is -0.458 e. The number of benzene rings is 7. The summed E-state index contributed by atoms with van der Waals surface area (Å²) in [5.41, 5.74) is 20.4. The van der Waals surface area contributed by atoms with Gasteiger partial charge < -0.3 is 19.5 Å². The van der Waals surface area contributed by atoms with E-state index < -0.39 is 11.6 Å². The number of fused-ring (bicyclic) bond motifs is 12. The van der Waals surface area contributed by atoms with Crippen LogP contribution in [0.3, 0.4) is 0 Å². The summed E-state index contributed by atoms with van der Waals surface area (Å²) < 4.78 is 55.2. The van der Waals surface area contributed by atoms with E-state index in [0.29, 0.717) is 21.6 Å². The first kappa shape index (κ1) is 40.0. The topological polar surface area (TPSA) is 39.7 Å². The highest BCUT2D eigenvalue weighted by Gasteiger charge is 2.45. The van der Waals surface area contributed by atoms with Crippen LogP contribution in [0.1, 0.15) is 50.1 Å². The second-order valence-corrected chi connectivity index (χ2v) is 21.5. The summed E-state index contributed by atoms with van der Waals surface area (Å²) in [7, 11) is 0. The summed E-state index contributed by atoms with van der Waals surface area (Å²) in [6.07, 6.45) is 0. The number of hydrogen-bond donors (Lipinski definition) is 1. The molecule has 0 spiro atoms. The number of thiophene rings is 2. The van der Waals surface area contributed by atoms with Crippen LogP contribution in [0.2, 0.25) is 0 Å². The summed E-state index contributed by atoms with van der Waals surface area (Å²) in [6, 6.07) is 29.4. The van der Waals surface area contributed by atoms with Crippen molar-refractivity contribution in [2.45, 2.75) is 62.3 Å². The molecule has 66 heavy (non-hydrogen) atoms. The number of halogens is 2.